The minimum atomic E-state index is 0.184. The third kappa shape index (κ3) is 2.99. The molecule has 2 aliphatic rings. The smallest absolute Gasteiger partial charge is 0.220 e. The predicted octanol–water partition coefficient (Wildman–Crippen LogP) is 2.08. The average Bonchev–Trinajstić information content (AvgIpc) is 2.46. The van der Waals surface area contributed by atoms with Crippen LogP contribution in [0.5, 0.6) is 0 Å². The highest BCUT2D eigenvalue weighted by Crippen LogP contribution is 2.33. The molecule has 2 atom stereocenters. The van der Waals surface area contributed by atoms with Gasteiger partial charge >= 0.3 is 0 Å². The first-order valence-electron chi connectivity index (χ1n) is 7.18. The highest BCUT2D eigenvalue weighted by atomic mass is 35.5. The lowest BCUT2D eigenvalue weighted by atomic mass is 9.85. The largest absolute Gasteiger partial charge is 0.389 e. The van der Waals surface area contributed by atoms with E-state index in [9.17, 15) is 4.79 Å². The van der Waals surface area contributed by atoms with Crippen molar-refractivity contribution in [2.45, 2.75) is 25.3 Å². The number of nitrogens with two attached hydrogens (primary N) is 1. The van der Waals surface area contributed by atoms with Gasteiger partial charge in [-0.05, 0) is 37.0 Å². The molecule has 2 saturated heterocycles. The van der Waals surface area contributed by atoms with Gasteiger partial charge in [-0.1, -0.05) is 23.8 Å². The van der Waals surface area contributed by atoms with E-state index in [0.717, 1.165) is 37.2 Å². The van der Waals surface area contributed by atoms with Crippen molar-refractivity contribution in [3.05, 3.63) is 28.8 Å². The van der Waals surface area contributed by atoms with Crippen molar-refractivity contribution in [2.24, 2.45) is 11.7 Å². The van der Waals surface area contributed by atoms with Gasteiger partial charge in [-0.3, -0.25) is 4.79 Å². The molecule has 2 aliphatic heterocycles. The van der Waals surface area contributed by atoms with Crippen molar-refractivity contribution in [3.8, 4) is 0 Å². The Labute approximate surface area is 134 Å². The maximum atomic E-state index is 11.5. The number of benzene rings is 1. The van der Waals surface area contributed by atoms with Gasteiger partial charge in [0.05, 0.1) is 10.7 Å². The molecule has 0 radical (unpaired) electrons. The Kier molecular flexibility index (Phi) is 4.04. The van der Waals surface area contributed by atoms with Crippen LogP contribution in [0, 0.1) is 5.92 Å². The third-order valence-electron chi connectivity index (χ3n) is 4.40. The van der Waals surface area contributed by atoms with Crippen LogP contribution in [-0.4, -0.2) is 30.0 Å². The predicted molar refractivity (Wildman–Crippen MR) is 88.8 cm³/mol. The van der Waals surface area contributed by atoms with Crippen LogP contribution in [0.2, 0.25) is 5.02 Å². The first-order chi connectivity index (χ1) is 10.0. The molecule has 1 aromatic rings. The molecule has 6 heteroatoms. The maximum Gasteiger partial charge on any atom is 0.220 e. The number of piperidine rings is 2. The number of nitrogens with zero attached hydrogens (tertiary/aromatic N) is 1. The Bertz CT molecular complexity index is 592. The van der Waals surface area contributed by atoms with Crippen LogP contribution in [0.25, 0.3) is 0 Å². The van der Waals surface area contributed by atoms with E-state index in [1.807, 2.05) is 18.2 Å². The molecular weight excluding hydrogens is 306 g/mol. The second-order valence-corrected chi connectivity index (χ2v) is 6.58. The Balaban J connectivity index is 1.76. The lowest BCUT2D eigenvalue weighted by Gasteiger charge is -2.42. The minimum Gasteiger partial charge on any atom is -0.389 e. The zero-order valence-corrected chi connectivity index (χ0v) is 13.2. The molecule has 0 aromatic heterocycles. The van der Waals surface area contributed by atoms with E-state index in [2.05, 4.69) is 10.2 Å². The van der Waals surface area contributed by atoms with E-state index >= 15 is 0 Å². The Morgan fingerprint density at radius 2 is 2.24 bits per heavy atom. The SMILES string of the molecule is NC(=S)c1ccc(N2CCC3NC(=O)CCC3C2)c(Cl)c1. The Morgan fingerprint density at radius 3 is 2.95 bits per heavy atom. The van der Waals surface area contributed by atoms with E-state index < -0.39 is 0 Å². The number of amides is 1. The van der Waals surface area contributed by atoms with Crippen LogP contribution >= 0.6 is 23.8 Å². The lowest BCUT2D eigenvalue weighted by Crippen LogP contribution is -2.54. The summed E-state index contributed by atoms with van der Waals surface area (Å²) >= 11 is 11.4. The van der Waals surface area contributed by atoms with E-state index in [4.69, 9.17) is 29.6 Å². The number of anilines is 1. The van der Waals surface area contributed by atoms with Crippen molar-refractivity contribution in [2.75, 3.05) is 18.0 Å². The van der Waals surface area contributed by atoms with Crippen LogP contribution in [0.1, 0.15) is 24.8 Å². The Morgan fingerprint density at radius 1 is 1.43 bits per heavy atom. The maximum absolute atomic E-state index is 11.5. The number of halogens is 1. The molecule has 2 heterocycles. The van der Waals surface area contributed by atoms with Gasteiger partial charge < -0.3 is 16.0 Å². The molecule has 21 heavy (non-hydrogen) atoms. The molecular formula is C15H18ClN3OS. The topological polar surface area (TPSA) is 58.4 Å². The van der Waals surface area contributed by atoms with E-state index in [0.29, 0.717) is 28.4 Å². The number of carbonyl (C=O) groups is 1. The summed E-state index contributed by atoms with van der Waals surface area (Å²) in [5.41, 5.74) is 7.44. The molecule has 3 N–H and O–H groups in total. The highest BCUT2D eigenvalue weighted by molar-refractivity contribution is 7.80. The summed E-state index contributed by atoms with van der Waals surface area (Å²) in [6.07, 6.45) is 2.54. The number of rotatable bonds is 2. The van der Waals surface area contributed by atoms with Gasteiger partial charge in [-0.25, -0.2) is 0 Å². The molecule has 0 aliphatic carbocycles. The van der Waals surface area contributed by atoms with Gasteiger partial charge in [0.2, 0.25) is 5.91 Å². The first-order valence-corrected chi connectivity index (χ1v) is 7.97. The average molecular weight is 324 g/mol. The molecule has 0 bridgehead atoms. The van der Waals surface area contributed by atoms with Crippen molar-refractivity contribution in [1.82, 2.24) is 5.32 Å². The van der Waals surface area contributed by atoms with Gasteiger partial charge in [0.25, 0.3) is 0 Å². The summed E-state index contributed by atoms with van der Waals surface area (Å²) in [6.45, 7) is 1.82. The van der Waals surface area contributed by atoms with Gasteiger partial charge in [0.15, 0.2) is 0 Å². The second-order valence-electron chi connectivity index (χ2n) is 5.74. The standard InChI is InChI=1S/C15H18ClN3OS/c16-11-7-9(15(17)21)1-3-13(11)19-6-5-12-10(8-19)2-4-14(20)18-12/h1,3,7,10,12H,2,4-6,8H2,(H2,17,21)(H,18,20). The van der Waals surface area contributed by atoms with Gasteiger partial charge in [0.1, 0.15) is 4.99 Å². The zero-order valence-electron chi connectivity index (χ0n) is 11.6. The van der Waals surface area contributed by atoms with Crippen LogP contribution in [0.3, 0.4) is 0 Å². The van der Waals surface area contributed by atoms with E-state index in [1.54, 1.807) is 0 Å². The van der Waals surface area contributed by atoms with Crippen molar-refractivity contribution in [3.63, 3.8) is 0 Å². The van der Waals surface area contributed by atoms with E-state index in [-0.39, 0.29) is 5.91 Å². The molecule has 3 rings (SSSR count). The molecule has 112 valence electrons. The second kappa shape index (κ2) is 5.81. The van der Waals surface area contributed by atoms with Crippen molar-refractivity contribution < 1.29 is 4.79 Å². The molecule has 1 aromatic carbocycles. The summed E-state index contributed by atoms with van der Waals surface area (Å²) < 4.78 is 0. The quantitative estimate of drug-likeness (QED) is 0.818. The van der Waals surface area contributed by atoms with Crippen LogP contribution in [0.15, 0.2) is 18.2 Å². The number of fused-ring (bicyclic) bond motifs is 1. The van der Waals surface area contributed by atoms with Crippen LogP contribution in [-0.2, 0) is 4.79 Å². The highest BCUT2D eigenvalue weighted by Gasteiger charge is 2.34. The monoisotopic (exact) mass is 323 g/mol. The fourth-order valence-electron chi connectivity index (χ4n) is 3.25. The lowest BCUT2D eigenvalue weighted by molar-refractivity contribution is -0.124. The van der Waals surface area contributed by atoms with Gasteiger partial charge in [0, 0.05) is 31.1 Å². The van der Waals surface area contributed by atoms with E-state index in [1.165, 1.54) is 0 Å². The third-order valence-corrected chi connectivity index (χ3v) is 4.93. The van der Waals surface area contributed by atoms with Crippen LogP contribution in [0.4, 0.5) is 5.69 Å². The van der Waals surface area contributed by atoms with Crippen LogP contribution < -0.4 is 16.0 Å². The number of thiocarbonyl (C=S) groups is 1. The summed E-state index contributed by atoms with van der Waals surface area (Å²) in [5.74, 6) is 0.686. The first kappa shape index (κ1) is 14.6. The Hall–Kier alpha value is -1.33. The molecule has 2 fully saturated rings. The summed E-state index contributed by atoms with van der Waals surface area (Å²) in [5, 5.41) is 3.78. The fourth-order valence-corrected chi connectivity index (χ4v) is 3.67. The zero-order chi connectivity index (χ0) is 15.0. The summed E-state index contributed by atoms with van der Waals surface area (Å²) in [4.78, 5) is 14.1. The molecule has 0 spiro atoms. The number of nitrogens with one attached hydrogen (secondary N) is 1. The number of carbonyl (C=O) groups excluding carboxylic acids is 1. The van der Waals surface area contributed by atoms with Crippen molar-refractivity contribution in [1.29, 1.82) is 0 Å². The molecule has 0 saturated carbocycles. The normalized spacial score (nSPS) is 25.2. The van der Waals surface area contributed by atoms with Crippen molar-refractivity contribution >= 4 is 40.4 Å². The summed E-state index contributed by atoms with van der Waals surface area (Å²) in [6, 6.07) is 6.04. The number of hydrogen-bond acceptors (Lipinski definition) is 3. The minimum absolute atomic E-state index is 0.184. The van der Waals surface area contributed by atoms with Gasteiger partial charge in [-0.15, -0.1) is 0 Å². The molecule has 2 unspecified atom stereocenters. The van der Waals surface area contributed by atoms with Gasteiger partial charge in [-0.2, -0.15) is 0 Å². The molecule has 1 amide bonds. The number of hydrogen-bond donors (Lipinski definition) is 2. The molecule has 4 nitrogen and oxygen atoms in total. The fraction of sp³-hybridized carbons (Fsp3) is 0.467. The summed E-state index contributed by atoms with van der Waals surface area (Å²) in [7, 11) is 0.